The largest absolute Gasteiger partial charge is 0.410 e. The van der Waals surface area contributed by atoms with Crippen molar-refractivity contribution in [2.45, 2.75) is 12.3 Å². The molecule has 0 heterocycles. The Hall–Kier alpha value is -2.61. The van der Waals surface area contributed by atoms with Gasteiger partial charge >= 0.3 is 0 Å². The Morgan fingerprint density at radius 2 is 1.52 bits per heavy atom. The third-order valence-electron chi connectivity index (χ3n) is 4.01. The minimum Gasteiger partial charge on any atom is -0.410 e. The summed E-state index contributed by atoms with van der Waals surface area (Å²) in [6.45, 7) is 2.19. The summed E-state index contributed by atoms with van der Waals surface area (Å²) in [5.74, 6) is 0. The van der Waals surface area contributed by atoms with Crippen LogP contribution >= 0.6 is 0 Å². The highest BCUT2D eigenvalue weighted by molar-refractivity contribution is 6.11. The number of allylic oxidation sites excluding steroid dienone is 4. The van der Waals surface area contributed by atoms with E-state index in [0.29, 0.717) is 5.71 Å². The maximum Gasteiger partial charge on any atom is 0.102 e. The Morgan fingerprint density at radius 1 is 0.905 bits per heavy atom. The van der Waals surface area contributed by atoms with Crippen LogP contribution in [0.4, 0.5) is 0 Å². The van der Waals surface area contributed by atoms with Crippen molar-refractivity contribution in [2.24, 2.45) is 5.16 Å². The summed E-state index contributed by atoms with van der Waals surface area (Å²) < 4.78 is 0. The number of benzene rings is 2. The fraction of sp³-hybridized carbons (Fsp3) is 0.105. The third kappa shape index (κ3) is 2.40. The van der Waals surface area contributed by atoms with Gasteiger partial charge in [0.2, 0.25) is 0 Å². The average molecular weight is 275 g/mol. The SMILES string of the molecule is CC1(c2ccccc2)C=CC(=NO)C=C1c1ccccc1. The number of oxime groups is 1. The highest BCUT2D eigenvalue weighted by atomic mass is 16.4. The van der Waals surface area contributed by atoms with Gasteiger partial charge in [-0.1, -0.05) is 71.9 Å². The van der Waals surface area contributed by atoms with E-state index in [1.807, 2.05) is 48.6 Å². The molecular weight excluding hydrogens is 258 g/mol. The van der Waals surface area contributed by atoms with Crippen LogP contribution in [-0.4, -0.2) is 10.9 Å². The predicted octanol–water partition coefficient (Wildman–Crippen LogP) is 4.43. The molecule has 2 aromatic rings. The van der Waals surface area contributed by atoms with Crippen LogP contribution in [0.15, 0.2) is 84.0 Å². The molecule has 0 bridgehead atoms. The zero-order valence-electron chi connectivity index (χ0n) is 11.9. The monoisotopic (exact) mass is 275 g/mol. The summed E-state index contributed by atoms with van der Waals surface area (Å²) in [6.07, 6.45) is 5.90. The van der Waals surface area contributed by atoms with E-state index >= 15 is 0 Å². The molecule has 0 saturated heterocycles. The summed E-state index contributed by atoms with van der Waals surface area (Å²) in [5, 5.41) is 12.4. The van der Waals surface area contributed by atoms with Crippen LogP contribution in [0, 0.1) is 0 Å². The van der Waals surface area contributed by atoms with Crippen molar-refractivity contribution in [1.29, 1.82) is 0 Å². The number of hydrogen-bond donors (Lipinski definition) is 1. The Labute approximate surface area is 124 Å². The third-order valence-corrected chi connectivity index (χ3v) is 4.01. The lowest BCUT2D eigenvalue weighted by Crippen LogP contribution is -2.25. The van der Waals surface area contributed by atoms with Crippen molar-refractivity contribution in [1.82, 2.24) is 0 Å². The Kier molecular flexibility index (Phi) is 3.44. The van der Waals surface area contributed by atoms with E-state index in [1.54, 1.807) is 0 Å². The summed E-state index contributed by atoms with van der Waals surface area (Å²) >= 11 is 0. The van der Waals surface area contributed by atoms with Gasteiger partial charge in [0, 0.05) is 5.41 Å². The van der Waals surface area contributed by atoms with Crippen molar-refractivity contribution in [3.8, 4) is 0 Å². The zero-order chi connectivity index (χ0) is 14.7. The summed E-state index contributed by atoms with van der Waals surface area (Å²) in [7, 11) is 0. The van der Waals surface area contributed by atoms with Gasteiger partial charge in [-0.15, -0.1) is 0 Å². The highest BCUT2D eigenvalue weighted by Gasteiger charge is 2.31. The van der Waals surface area contributed by atoms with E-state index in [0.717, 1.165) is 11.1 Å². The fourth-order valence-corrected chi connectivity index (χ4v) is 2.79. The first-order valence-electron chi connectivity index (χ1n) is 6.98. The molecule has 3 rings (SSSR count). The van der Waals surface area contributed by atoms with Crippen LogP contribution in [0.3, 0.4) is 0 Å². The maximum absolute atomic E-state index is 9.09. The molecule has 1 N–H and O–H groups in total. The molecule has 0 aliphatic heterocycles. The number of nitrogens with zero attached hydrogens (tertiary/aromatic N) is 1. The molecule has 0 radical (unpaired) electrons. The van der Waals surface area contributed by atoms with Gasteiger partial charge in [0.05, 0.1) is 0 Å². The highest BCUT2D eigenvalue weighted by Crippen LogP contribution is 2.41. The van der Waals surface area contributed by atoms with E-state index in [4.69, 9.17) is 5.21 Å². The van der Waals surface area contributed by atoms with E-state index in [2.05, 4.69) is 42.4 Å². The van der Waals surface area contributed by atoms with E-state index < -0.39 is 0 Å². The lowest BCUT2D eigenvalue weighted by atomic mass is 9.70. The first-order valence-corrected chi connectivity index (χ1v) is 6.98. The van der Waals surface area contributed by atoms with Crippen molar-refractivity contribution in [2.75, 3.05) is 0 Å². The molecule has 1 aliphatic carbocycles. The van der Waals surface area contributed by atoms with Crippen LogP contribution in [0.25, 0.3) is 5.57 Å². The van der Waals surface area contributed by atoms with Crippen molar-refractivity contribution in [3.63, 3.8) is 0 Å². The van der Waals surface area contributed by atoms with E-state index in [-0.39, 0.29) is 5.41 Å². The molecule has 0 aromatic heterocycles. The van der Waals surface area contributed by atoms with Crippen LogP contribution in [0.5, 0.6) is 0 Å². The second-order valence-electron chi connectivity index (χ2n) is 5.35. The molecule has 21 heavy (non-hydrogen) atoms. The quantitative estimate of drug-likeness (QED) is 0.638. The topological polar surface area (TPSA) is 32.6 Å². The van der Waals surface area contributed by atoms with Crippen molar-refractivity contribution >= 4 is 11.3 Å². The summed E-state index contributed by atoms with van der Waals surface area (Å²) in [5.41, 5.74) is 3.81. The standard InChI is InChI=1S/C19H17NO/c1-19(16-10-6-3-7-11-16)13-12-17(20-21)14-18(19)15-8-4-2-5-9-15/h2-14,21H,1H3. The summed E-state index contributed by atoms with van der Waals surface area (Å²) in [4.78, 5) is 0. The lowest BCUT2D eigenvalue weighted by Gasteiger charge is -2.32. The van der Waals surface area contributed by atoms with Crippen molar-refractivity contribution < 1.29 is 5.21 Å². The Balaban J connectivity index is 2.18. The molecular formula is C19H17NO. The zero-order valence-corrected chi connectivity index (χ0v) is 11.9. The smallest absolute Gasteiger partial charge is 0.102 e. The molecule has 1 atom stereocenters. The van der Waals surface area contributed by atoms with Gasteiger partial charge in [0.25, 0.3) is 0 Å². The number of rotatable bonds is 2. The Morgan fingerprint density at radius 3 is 2.14 bits per heavy atom. The molecule has 0 saturated carbocycles. The van der Waals surface area contributed by atoms with Crippen LogP contribution in [0.1, 0.15) is 18.1 Å². The fourth-order valence-electron chi connectivity index (χ4n) is 2.79. The average Bonchev–Trinajstić information content (AvgIpc) is 2.57. The van der Waals surface area contributed by atoms with Gasteiger partial charge in [-0.05, 0) is 35.8 Å². The minimum atomic E-state index is -0.239. The maximum atomic E-state index is 9.09. The first kappa shape index (κ1) is 13.4. The molecule has 1 unspecified atom stereocenters. The molecule has 0 spiro atoms. The second kappa shape index (κ2) is 5.41. The van der Waals surface area contributed by atoms with E-state index in [9.17, 15) is 0 Å². The van der Waals surface area contributed by atoms with E-state index in [1.165, 1.54) is 5.56 Å². The summed E-state index contributed by atoms with van der Waals surface area (Å²) in [6, 6.07) is 20.6. The predicted molar refractivity (Wildman–Crippen MR) is 86.6 cm³/mol. The minimum absolute atomic E-state index is 0.239. The Bertz CT molecular complexity index is 714. The van der Waals surface area contributed by atoms with Crippen LogP contribution < -0.4 is 0 Å². The molecule has 2 heteroatoms. The van der Waals surface area contributed by atoms with Gasteiger partial charge in [-0.25, -0.2) is 0 Å². The van der Waals surface area contributed by atoms with Gasteiger partial charge in [-0.2, -0.15) is 0 Å². The van der Waals surface area contributed by atoms with Gasteiger partial charge in [-0.3, -0.25) is 0 Å². The number of hydrogen-bond acceptors (Lipinski definition) is 2. The molecule has 104 valence electrons. The molecule has 0 fully saturated rings. The molecule has 1 aliphatic rings. The normalized spacial score (nSPS) is 23.1. The lowest BCUT2D eigenvalue weighted by molar-refractivity contribution is 0.320. The first-order chi connectivity index (χ1) is 10.2. The van der Waals surface area contributed by atoms with Gasteiger partial charge < -0.3 is 5.21 Å². The second-order valence-corrected chi connectivity index (χ2v) is 5.35. The molecule has 0 amide bonds. The van der Waals surface area contributed by atoms with Gasteiger partial charge in [0.1, 0.15) is 5.71 Å². The van der Waals surface area contributed by atoms with Crippen LogP contribution in [-0.2, 0) is 5.41 Å². The molecule has 2 nitrogen and oxygen atoms in total. The van der Waals surface area contributed by atoms with Crippen LogP contribution in [0.2, 0.25) is 0 Å². The van der Waals surface area contributed by atoms with Crippen molar-refractivity contribution in [3.05, 3.63) is 90.0 Å². The van der Waals surface area contributed by atoms with Gasteiger partial charge in [0.15, 0.2) is 0 Å². The molecule has 2 aromatic carbocycles.